The van der Waals surface area contributed by atoms with Crippen LogP contribution in [0.3, 0.4) is 0 Å². The van der Waals surface area contributed by atoms with Crippen LogP contribution in [0, 0.1) is 18.8 Å². The van der Waals surface area contributed by atoms with Gasteiger partial charge in [-0.05, 0) is 43.9 Å². The van der Waals surface area contributed by atoms with E-state index in [-0.39, 0.29) is 0 Å². The second kappa shape index (κ2) is 6.79. The van der Waals surface area contributed by atoms with Crippen LogP contribution < -0.4 is 10.1 Å². The second-order valence-electron chi connectivity index (χ2n) is 5.52. The third kappa shape index (κ3) is 3.74. The van der Waals surface area contributed by atoms with Gasteiger partial charge in [-0.3, -0.25) is 0 Å². The number of likely N-dealkylation sites (N-methyl/N-ethyl adjacent to an activating group) is 1. The van der Waals surface area contributed by atoms with Crippen molar-refractivity contribution in [3.8, 4) is 5.75 Å². The molecule has 0 fully saturated rings. The van der Waals surface area contributed by atoms with E-state index in [4.69, 9.17) is 4.74 Å². The molecule has 0 aromatic heterocycles. The van der Waals surface area contributed by atoms with E-state index in [1.54, 1.807) is 7.11 Å². The standard InChI is InChI=1S/C16H27NO/c1-11(2)13(4)15(17-5)10-14-9-12(3)7-8-16(14)18-6/h7-9,11,13,15,17H,10H2,1-6H3. The summed E-state index contributed by atoms with van der Waals surface area (Å²) in [6.07, 6.45) is 1.01. The van der Waals surface area contributed by atoms with Crippen LogP contribution in [-0.4, -0.2) is 20.2 Å². The molecule has 0 spiro atoms. The van der Waals surface area contributed by atoms with E-state index < -0.39 is 0 Å². The van der Waals surface area contributed by atoms with Gasteiger partial charge in [-0.15, -0.1) is 0 Å². The molecule has 1 N–H and O–H groups in total. The minimum absolute atomic E-state index is 0.487. The lowest BCUT2D eigenvalue weighted by Gasteiger charge is -2.27. The first-order chi connectivity index (χ1) is 8.49. The monoisotopic (exact) mass is 249 g/mol. The van der Waals surface area contributed by atoms with E-state index in [1.165, 1.54) is 11.1 Å². The van der Waals surface area contributed by atoms with Crippen molar-refractivity contribution < 1.29 is 4.74 Å². The maximum Gasteiger partial charge on any atom is 0.122 e. The van der Waals surface area contributed by atoms with Gasteiger partial charge in [0.2, 0.25) is 0 Å². The van der Waals surface area contributed by atoms with Gasteiger partial charge in [-0.2, -0.15) is 0 Å². The van der Waals surface area contributed by atoms with Gasteiger partial charge < -0.3 is 10.1 Å². The van der Waals surface area contributed by atoms with Crippen LogP contribution in [-0.2, 0) is 6.42 Å². The Morgan fingerprint density at radius 1 is 1.22 bits per heavy atom. The third-order valence-electron chi connectivity index (χ3n) is 3.93. The molecule has 18 heavy (non-hydrogen) atoms. The van der Waals surface area contributed by atoms with E-state index in [0.29, 0.717) is 17.9 Å². The Bertz CT molecular complexity index is 373. The molecule has 1 aromatic rings. The zero-order valence-corrected chi connectivity index (χ0v) is 12.6. The minimum Gasteiger partial charge on any atom is -0.496 e. The highest BCUT2D eigenvalue weighted by atomic mass is 16.5. The molecule has 0 saturated carbocycles. The van der Waals surface area contributed by atoms with Crippen LogP contribution in [0.15, 0.2) is 18.2 Å². The van der Waals surface area contributed by atoms with E-state index in [0.717, 1.165) is 12.2 Å². The fourth-order valence-corrected chi connectivity index (χ4v) is 2.32. The van der Waals surface area contributed by atoms with Crippen LogP contribution in [0.25, 0.3) is 0 Å². The Morgan fingerprint density at radius 3 is 2.39 bits per heavy atom. The van der Waals surface area contributed by atoms with Crippen LogP contribution in [0.4, 0.5) is 0 Å². The Hall–Kier alpha value is -1.02. The predicted octanol–water partition coefficient (Wildman–Crippen LogP) is 3.43. The number of benzene rings is 1. The normalized spacial score (nSPS) is 14.6. The summed E-state index contributed by atoms with van der Waals surface area (Å²) in [5.74, 6) is 2.32. The first-order valence-corrected chi connectivity index (χ1v) is 6.80. The lowest BCUT2D eigenvalue weighted by molar-refractivity contribution is 0.306. The molecule has 0 saturated heterocycles. The highest BCUT2D eigenvalue weighted by Gasteiger charge is 2.20. The predicted molar refractivity (Wildman–Crippen MR) is 78.3 cm³/mol. The van der Waals surface area contributed by atoms with Crippen molar-refractivity contribution in [2.24, 2.45) is 11.8 Å². The highest BCUT2D eigenvalue weighted by Crippen LogP contribution is 2.24. The Labute approximate surface area is 112 Å². The van der Waals surface area contributed by atoms with Crippen molar-refractivity contribution >= 4 is 0 Å². The van der Waals surface area contributed by atoms with Crippen molar-refractivity contribution in [3.63, 3.8) is 0 Å². The van der Waals surface area contributed by atoms with Gasteiger partial charge in [0.05, 0.1) is 7.11 Å². The number of hydrogen-bond acceptors (Lipinski definition) is 2. The second-order valence-corrected chi connectivity index (χ2v) is 5.52. The summed E-state index contributed by atoms with van der Waals surface area (Å²) >= 11 is 0. The van der Waals surface area contributed by atoms with Crippen molar-refractivity contribution in [1.29, 1.82) is 0 Å². The van der Waals surface area contributed by atoms with Crippen molar-refractivity contribution in [3.05, 3.63) is 29.3 Å². The van der Waals surface area contributed by atoms with Gasteiger partial charge in [0, 0.05) is 6.04 Å². The lowest BCUT2D eigenvalue weighted by atomic mass is 9.86. The fourth-order valence-electron chi connectivity index (χ4n) is 2.32. The van der Waals surface area contributed by atoms with Crippen molar-refractivity contribution in [2.75, 3.05) is 14.2 Å². The topological polar surface area (TPSA) is 21.3 Å². The summed E-state index contributed by atoms with van der Waals surface area (Å²) in [7, 11) is 3.79. The zero-order chi connectivity index (χ0) is 13.7. The molecular formula is C16H27NO. The van der Waals surface area contributed by atoms with Gasteiger partial charge in [-0.25, -0.2) is 0 Å². The summed E-state index contributed by atoms with van der Waals surface area (Å²) in [6.45, 7) is 9.00. The maximum absolute atomic E-state index is 5.46. The van der Waals surface area contributed by atoms with Crippen molar-refractivity contribution in [2.45, 2.75) is 40.2 Å². The van der Waals surface area contributed by atoms with E-state index in [2.05, 4.69) is 51.2 Å². The molecule has 1 rings (SSSR count). The lowest BCUT2D eigenvalue weighted by Crippen LogP contribution is -2.36. The van der Waals surface area contributed by atoms with Gasteiger partial charge in [-0.1, -0.05) is 38.5 Å². The first kappa shape index (κ1) is 15.0. The molecule has 2 atom stereocenters. The number of ether oxygens (including phenoxy) is 1. The van der Waals surface area contributed by atoms with Gasteiger partial charge in [0.15, 0.2) is 0 Å². The van der Waals surface area contributed by atoms with E-state index >= 15 is 0 Å². The summed E-state index contributed by atoms with van der Waals surface area (Å²) in [4.78, 5) is 0. The average molecular weight is 249 g/mol. The zero-order valence-electron chi connectivity index (χ0n) is 12.6. The highest BCUT2D eigenvalue weighted by molar-refractivity contribution is 5.37. The quantitative estimate of drug-likeness (QED) is 0.834. The molecule has 0 amide bonds. The summed E-state index contributed by atoms with van der Waals surface area (Å²) in [5.41, 5.74) is 2.59. The minimum atomic E-state index is 0.487. The van der Waals surface area contributed by atoms with Crippen LogP contribution >= 0.6 is 0 Å². The van der Waals surface area contributed by atoms with Crippen LogP contribution in [0.1, 0.15) is 31.9 Å². The molecule has 0 radical (unpaired) electrons. The maximum atomic E-state index is 5.46. The van der Waals surface area contributed by atoms with Crippen molar-refractivity contribution in [1.82, 2.24) is 5.32 Å². The molecule has 0 heterocycles. The molecule has 0 aliphatic rings. The largest absolute Gasteiger partial charge is 0.496 e. The van der Waals surface area contributed by atoms with Crippen LogP contribution in [0.2, 0.25) is 0 Å². The first-order valence-electron chi connectivity index (χ1n) is 6.80. The van der Waals surface area contributed by atoms with Gasteiger partial charge in [0.25, 0.3) is 0 Å². The molecular weight excluding hydrogens is 222 g/mol. The smallest absolute Gasteiger partial charge is 0.122 e. The van der Waals surface area contributed by atoms with Gasteiger partial charge in [0.1, 0.15) is 5.75 Å². The molecule has 2 nitrogen and oxygen atoms in total. The fraction of sp³-hybridized carbons (Fsp3) is 0.625. The molecule has 2 heteroatoms. The number of hydrogen-bond donors (Lipinski definition) is 1. The molecule has 2 unspecified atom stereocenters. The Balaban J connectivity index is 2.90. The van der Waals surface area contributed by atoms with E-state index in [9.17, 15) is 0 Å². The molecule has 102 valence electrons. The average Bonchev–Trinajstić information content (AvgIpc) is 2.35. The molecule has 0 aliphatic heterocycles. The number of rotatable bonds is 6. The Kier molecular flexibility index (Phi) is 5.67. The molecule has 0 aliphatic carbocycles. The van der Waals surface area contributed by atoms with E-state index in [1.807, 2.05) is 7.05 Å². The number of nitrogens with one attached hydrogen (secondary N) is 1. The third-order valence-corrected chi connectivity index (χ3v) is 3.93. The number of methoxy groups -OCH3 is 1. The molecule has 1 aromatic carbocycles. The summed E-state index contributed by atoms with van der Waals surface area (Å²) in [5, 5.41) is 3.45. The SMILES string of the molecule is CNC(Cc1cc(C)ccc1OC)C(C)C(C)C. The van der Waals surface area contributed by atoms with Gasteiger partial charge >= 0.3 is 0 Å². The van der Waals surface area contributed by atoms with Crippen LogP contribution in [0.5, 0.6) is 5.75 Å². The number of aryl methyl sites for hydroxylation is 1. The summed E-state index contributed by atoms with van der Waals surface area (Å²) < 4.78 is 5.46. The summed E-state index contributed by atoms with van der Waals surface area (Å²) in [6, 6.07) is 6.89. The molecule has 0 bridgehead atoms. The Morgan fingerprint density at radius 2 is 1.89 bits per heavy atom.